The normalized spacial score (nSPS) is 24.6. The summed E-state index contributed by atoms with van der Waals surface area (Å²) in [6, 6.07) is -1.76. The van der Waals surface area contributed by atoms with Crippen LogP contribution >= 0.6 is 0 Å². The number of nitrogens with one attached hydrogen (secondary N) is 4. The molecule has 18 nitrogen and oxygen atoms in total. The lowest BCUT2D eigenvalue weighted by atomic mass is 9.85. The fourth-order valence-corrected chi connectivity index (χ4v) is 4.47. The van der Waals surface area contributed by atoms with Crippen LogP contribution in [0.3, 0.4) is 0 Å². The third-order valence-corrected chi connectivity index (χ3v) is 6.34. The maximum atomic E-state index is 11.6. The number of hydrogen-bond donors (Lipinski definition) is 10. The molecule has 0 spiro atoms. The summed E-state index contributed by atoms with van der Waals surface area (Å²) in [5.74, 6) is -8.19. The molecule has 1 rings (SSSR count). The molecule has 1 fully saturated rings. The van der Waals surface area contributed by atoms with E-state index in [1.807, 2.05) is 0 Å². The van der Waals surface area contributed by atoms with Gasteiger partial charge in [-0.2, -0.15) is 16.6 Å². The number of carboxylic acid groups (broad SMARTS) is 6. The fraction of sp³-hybridized carbons (Fsp3) is 0.727. The fourth-order valence-electron chi connectivity index (χ4n) is 4.47. The third-order valence-electron chi connectivity index (χ3n) is 6.34. The maximum Gasteiger partial charge on any atom is 0.320 e. The molecule has 0 aromatic carbocycles. The first-order chi connectivity index (χ1) is 18.7. The molecular weight excluding hydrogens is 540 g/mol. The Kier molecular flexibility index (Phi) is 15.6. The number of carbonyl (C=O) groups is 6. The van der Waals surface area contributed by atoms with Crippen LogP contribution in [-0.4, -0.2) is 102 Å². The van der Waals surface area contributed by atoms with Gasteiger partial charge in [0.1, 0.15) is 13.1 Å². The van der Waals surface area contributed by atoms with Gasteiger partial charge in [0.25, 0.3) is 0 Å². The van der Waals surface area contributed by atoms with Crippen LogP contribution in [0.4, 0.5) is 0 Å². The molecule has 0 saturated carbocycles. The van der Waals surface area contributed by atoms with E-state index in [0.29, 0.717) is 12.8 Å². The van der Waals surface area contributed by atoms with Gasteiger partial charge in [0, 0.05) is 24.9 Å². The zero-order chi connectivity index (χ0) is 30.2. The van der Waals surface area contributed by atoms with Gasteiger partial charge < -0.3 is 30.6 Å². The van der Waals surface area contributed by atoms with Crippen LogP contribution in [0, 0.1) is 11.8 Å². The lowest BCUT2D eigenvalue weighted by Gasteiger charge is -2.34. The van der Waals surface area contributed by atoms with Gasteiger partial charge in [-0.25, -0.2) is 10.4 Å². The lowest BCUT2D eigenvalue weighted by molar-refractivity contribution is -0.148. The molecule has 1 heterocycles. The standard InChI is InChI=1S/C22H38N6O12/c29-17(30)7-13-1-2-14(8-18(31)32)4-6-16(10-20(35)36)27(11-21(37)38)25-26-28(12-22(39)40)24-23-15(5-3-13)9-19(33)34/h13-16,23-26H,1-12H2,(H,29,30)(H,31,32)(H,33,34)(H,35,36)(H,37,38)(H,39,40). The number of nitrogens with zero attached hydrogens (tertiary/aromatic N) is 2. The highest BCUT2D eigenvalue weighted by molar-refractivity contribution is 5.70. The molecule has 0 radical (unpaired) electrons. The van der Waals surface area contributed by atoms with Gasteiger partial charge in [0.2, 0.25) is 0 Å². The van der Waals surface area contributed by atoms with E-state index >= 15 is 0 Å². The minimum atomic E-state index is -1.34. The molecule has 0 amide bonds. The second kappa shape index (κ2) is 18.0. The van der Waals surface area contributed by atoms with Gasteiger partial charge in [-0.1, -0.05) is 0 Å². The van der Waals surface area contributed by atoms with Crippen LogP contribution in [0.2, 0.25) is 0 Å². The summed E-state index contributed by atoms with van der Waals surface area (Å²) in [7, 11) is 0. The quantitative estimate of drug-likeness (QED) is 0.132. The Morgan fingerprint density at radius 3 is 1.48 bits per heavy atom. The molecule has 4 unspecified atom stereocenters. The Hall–Kier alpha value is -3.42. The Balaban J connectivity index is 3.37. The molecule has 10 N–H and O–H groups in total. The van der Waals surface area contributed by atoms with Crippen LogP contribution in [0.15, 0.2) is 0 Å². The molecule has 18 heteroatoms. The molecule has 0 bridgehead atoms. The first-order valence-corrected chi connectivity index (χ1v) is 12.6. The number of aliphatic carboxylic acids is 6. The van der Waals surface area contributed by atoms with Gasteiger partial charge in [-0.15, -0.1) is 5.12 Å². The molecule has 40 heavy (non-hydrogen) atoms. The van der Waals surface area contributed by atoms with Gasteiger partial charge >= 0.3 is 35.8 Å². The summed E-state index contributed by atoms with van der Waals surface area (Å²) in [6.45, 7) is -1.45. The lowest BCUT2D eigenvalue weighted by Crippen LogP contribution is -2.66. The summed E-state index contributed by atoms with van der Waals surface area (Å²) in [5.41, 5.74) is 10.1. The summed E-state index contributed by atoms with van der Waals surface area (Å²) in [4.78, 5) is 68.8. The predicted octanol–water partition coefficient (Wildman–Crippen LogP) is -1.08. The largest absolute Gasteiger partial charge is 0.481 e. The van der Waals surface area contributed by atoms with E-state index in [2.05, 4.69) is 22.0 Å². The molecule has 0 aliphatic carbocycles. The molecule has 1 aliphatic rings. The van der Waals surface area contributed by atoms with Crippen molar-refractivity contribution in [3.63, 3.8) is 0 Å². The molecule has 228 valence electrons. The summed E-state index contributed by atoms with van der Waals surface area (Å²) in [5, 5.41) is 58.0. The highest BCUT2D eigenvalue weighted by atomic mass is 16.4. The van der Waals surface area contributed by atoms with E-state index in [4.69, 9.17) is 0 Å². The van der Waals surface area contributed by atoms with Crippen molar-refractivity contribution in [3.05, 3.63) is 0 Å². The van der Waals surface area contributed by atoms with Crippen molar-refractivity contribution >= 4 is 35.8 Å². The number of rotatable bonds is 12. The average molecular weight is 579 g/mol. The number of carboxylic acids is 6. The van der Waals surface area contributed by atoms with E-state index in [1.165, 1.54) is 0 Å². The average Bonchev–Trinajstić information content (AvgIpc) is 2.81. The van der Waals surface area contributed by atoms with E-state index in [1.54, 1.807) is 0 Å². The van der Waals surface area contributed by atoms with Crippen molar-refractivity contribution < 1.29 is 59.4 Å². The Bertz CT molecular complexity index is 820. The van der Waals surface area contributed by atoms with E-state index in [9.17, 15) is 59.4 Å². The van der Waals surface area contributed by atoms with Gasteiger partial charge in [-0.05, 0) is 50.4 Å². The molecular formula is C22H38N6O12. The molecule has 4 atom stereocenters. The summed E-state index contributed by atoms with van der Waals surface area (Å²) < 4.78 is 0. The Morgan fingerprint density at radius 2 is 1.00 bits per heavy atom. The first-order valence-electron chi connectivity index (χ1n) is 12.6. The summed E-state index contributed by atoms with van der Waals surface area (Å²) in [6.07, 6.45) is -0.145. The van der Waals surface area contributed by atoms with Crippen molar-refractivity contribution in [2.75, 3.05) is 13.1 Å². The van der Waals surface area contributed by atoms with Crippen LogP contribution in [0.1, 0.15) is 64.2 Å². The van der Waals surface area contributed by atoms with Crippen LogP contribution in [0.25, 0.3) is 0 Å². The Labute approximate surface area is 229 Å². The van der Waals surface area contributed by atoms with E-state index < -0.39 is 85.7 Å². The SMILES string of the molecule is O=C(O)CC1CCC(CC(=O)O)CCC(CC(=O)O)N(CC(=O)O)NNN(CC(=O)O)NNC(CC(=O)O)CC1. The summed E-state index contributed by atoms with van der Waals surface area (Å²) >= 11 is 0. The minimum absolute atomic E-state index is 0.0566. The molecule has 1 saturated heterocycles. The van der Waals surface area contributed by atoms with Gasteiger partial charge in [0.05, 0.1) is 12.8 Å². The zero-order valence-electron chi connectivity index (χ0n) is 21.8. The predicted molar refractivity (Wildman–Crippen MR) is 132 cm³/mol. The molecule has 0 aromatic heterocycles. The number of hydrogen-bond acceptors (Lipinski definition) is 12. The first kappa shape index (κ1) is 34.6. The minimum Gasteiger partial charge on any atom is -0.481 e. The number of hydrazine groups is 5. The van der Waals surface area contributed by atoms with Crippen LogP contribution in [0.5, 0.6) is 0 Å². The molecule has 0 aromatic rings. The smallest absolute Gasteiger partial charge is 0.320 e. The second-order valence-corrected chi connectivity index (χ2v) is 9.69. The van der Waals surface area contributed by atoms with Crippen molar-refractivity contribution in [2.45, 2.75) is 76.3 Å². The topological polar surface area (TPSA) is 278 Å². The van der Waals surface area contributed by atoms with Crippen molar-refractivity contribution in [3.8, 4) is 0 Å². The Morgan fingerprint density at radius 1 is 0.525 bits per heavy atom. The maximum absolute atomic E-state index is 11.6. The third kappa shape index (κ3) is 15.9. The van der Waals surface area contributed by atoms with Crippen molar-refractivity contribution in [1.82, 2.24) is 32.2 Å². The van der Waals surface area contributed by atoms with Crippen molar-refractivity contribution in [2.24, 2.45) is 11.8 Å². The highest BCUT2D eigenvalue weighted by Gasteiger charge is 2.28. The van der Waals surface area contributed by atoms with E-state index in [0.717, 1.165) is 10.1 Å². The van der Waals surface area contributed by atoms with Gasteiger partial charge in [-0.3, -0.25) is 28.8 Å². The second-order valence-electron chi connectivity index (χ2n) is 9.69. The van der Waals surface area contributed by atoms with E-state index in [-0.39, 0.29) is 38.5 Å². The van der Waals surface area contributed by atoms with Crippen LogP contribution in [-0.2, 0) is 28.8 Å². The zero-order valence-corrected chi connectivity index (χ0v) is 21.8. The van der Waals surface area contributed by atoms with Crippen molar-refractivity contribution in [1.29, 1.82) is 0 Å². The highest BCUT2D eigenvalue weighted by Crippen LogP contribution is 2.27. The monoisotopic (exact) mass is 578 g/mol. The van der Waals surface area contributed by atoms with Gasteiger partial charge in [0.15, 0.2) is 0 Å². The van der Waals surface area contributed by atoms with Crippen LogP contribution < -0.4 is 22.0 Å². The molecule has 1 aliphatic heterocycles.